The first-order valence-corrected chi connectivity index (χ1v) is 11.6. The Hall–Kier alpha value is -0.0613. The molecule has 2 radical (unpaired) electrons. The van der Waals surface area contributed by atoms with Crippen molar-refractivity contribution in [2.45, 2.75) is 88.9 Å². The molecule has 0 saturated carbocycles. The van der Waals surface area contributed by atoms with Crippen LogP contribution in [0.25, 0.3) is 0 Å². The van der Waals surface area contributed by atoms with Gasteiger partial charge < -0.3 is 0 Å². The molecule has 0 saturated heterocycles. The number of hydrogen-bond donors (Lipinski definition) is 0. The zero-order valence-corrected chi connectivity index (χ0v) is 17.6. The fourth-order valence-corrected chi connectivity index (χ4v) is 8.26. The third-order valence-electron chi connectivity index (χ3n) is 4.41. The van der Waals surface area contributed by atoms with Crippen molar-refractivity contribution in [1.82, 2.24) is 15.0 Å². The quantitative estimate of drug-likeness (QED) is 0.524. The molecule has 0 atom stereocenters. The Labute approximate surface area is 141 Å². The van der Waals surface area contributed by atoms with Crippen LogP contribution >= 0.6 is 0 Å². The van der Waals surface area contributed by atoms with Gasteiger partial charge in [-0.2, -0.15) is 0 Å². The van der Waals surface area contributed by atoms with Gasteiger partial charge >= 0.3 is 142 Å². The number of unbranched alkanes of at least 4 members (excludes halogenated alkanes) is 3. The molecule has 0 aliphatic heterocycles. The molecule has 0 N–H and O–H groups in total. The van der Waals surface area contributed by atoms with Gasteiger partial charge in [-0.1, -0.05) is 0 Å². The van der Waals surface area contributed by atoms with Crippen LogP contribution in [0.3, 0.4) is 0 Å². The van der Waals surface area contributed by atoms with Crippen LogP contribution in [0.1, 0.15) is 84.3 Å². The Morgan fingerprint density at radius 1 is 0.952 bits per heavy atom. The zero-order valence-electron chi connectivity index (χ0n) is 14.7. The molecule has 21 heavy (non-hydrogen) atoms. The van der Waals surface area contributed by atoms with Gasteiger partial charge in [0.2, 0.25) is 0 Å². The van der Waals surface area contributed by atoms with Crippen LogP contribution in [0.4, 0.5) is 0 Å². The van der Waals surface area contributed by atoms with Gasteiger partial charge in [0.05, 0.1) is 0 Å². The van der Waals surface area contributed by atoms with E-state index in [0.29, 0.717) is 3.43 Å². The fraction of sp³-hybridized carbons (Fsp3) is 0.882. The summed E-state index contributed by atoms with van der Waals surface area (Å²) in [5.41, 5.74) is 1.19. The van der Waals surface area contributed by atoms with Crippen LogP contribution in [0.2, 0.25) is 3.43 Å². The van der Waals surface area contributed by atoms with Crippen molar-refractivity contribution in [2.24, 2.45) is 7.05 Å². The molecule has 3 nitrogen and oxygen atoms in total. The molecule has 0 aliphatic rings. The number of aromatic nitrogens is 3. The van der Waals surface area contributed by atoms with Crippen LogP contribution < -0.4 is 3.71 Å². The number of hydrogen-bond acceptors (Lipinski definition) is 2. The molecule has 0 bridgehead atoms. The predicted octanol–water partition coefficient (Wildman–Crippen LogP) is 4.18. The monoisotopic (exact) mass is 399 g/mol. The van der Waals surface area contributed by atoms with E-state index < -0.39 is 21.1 Å². The summed E-state index contributed by atoms with van der Waals surface area (Å²) in [5, 5.41) is 8.55. The normalized spacial score (nSPS) is 12.0. The Morgan fingerprint density at radius 3 is 1.76 bits per heavy atom. The van der Waals surface area contributed by atoms with E-state index in [0.717, 1.165) is 0 Å². The molecule has 120 valence electrons. The minimum atomic E-state index is -0.678. The molecule has 1 heterocycles. The maximum atomic E-state index is 4.30. The summed E-state index contributed by atoms with van der Waals surface area (Å²) in [5.74, 6) is 0. The van der Waals surface area contributed by atoms with Crippen molar-refractivity contribution in [3.05, 3.63) is 5.69 Å². The molecular formula is C17H33N3Sn. The third kappa shape index (κ3) is 5.91. The third-order valence-corrected chi connectivity index (χ3v) is 10.7. The summed E-state index contributed by atoms with van der Waals surface area (Å²) in [6.07, 6.45) is 12.4. The number of aryl methyl sites for hydroxylation is 2. The number of nitrogens with zero attached hydrogens (tertiary/aromatic N) is 3. The Kier molecular flexibility index (Phi) is 8.91. The van der Waals surface area contributed by atoms with E-state index >= 15 is 0 Å². The summed E-state index contributed by atoms with van der Waals surface area (Å²) >= 11 is -0.678. The van der Waals surface area contributed by atoms with Crippen LogP contribution in [0.5, 0.6) is 0 Å². The van der Waals surface area contributed by atoms with Gasteiger partial charge in [-0.05, 0) is 0 Å². The van der Waals surface area contributed by atoms with Crippen molar-refractivity contribution in [2.75, 3.05) is 0 Å². The Morgan fingerprint density at radius 2 is 1.43 bits per heavy atom. The summed E-state index contributed by atoms with van der Waals surface area (Å²) in [4.78, 5) is 0. The van der Waals surface area contributed by atoms with Crippen molar-refractivity contribution < 1.29 is 0 Å². The predicted molar refractivity (Wildman–Crippen MR) is 92.4 cm³/mol. The molecule has 4 heteroatoms. The molecule has 0 aromatic carbocycles. The molecule has 0 unspecified atom stereocenters. The molecule has 0 spiro atoms. The Balaban J connectivity index is 2.94. The summed E-state index contributed by atoms with van der Waals surface area (Å²) in [7, 11) is 2.08. The van der Waals surface area contributed by atoms with E-state index in [2.05, 4.69) is 49.7 Å². The van der Waals surface area contributed by atoms with Crippen molar-refractivity contribution >= 4 is 24.9 Å². The first kappa shape index (κ1) is 19.0. The zero-order chi connectivity index (χ0) is 15.7. The summed E-state index contributed by atoms with van der Waals surface area (Å²) in [6.45, 7) is 9.12. The average molecular weight is 398 g/mol. The fourth-order valence-electron chi connectivity index (χ4n) is 2.99. The Bertz CT molecular complexity index is 359. The number of rotatable bonds is 11. The molecule has 1 aromatic heterocycles. The molecule has 0 fully saturated rings. The van der Waals surface area contributed by atoms with Crippen LogP contribution in [-0.4, -0.2) is 36.1 Å². The van der Waals surface area contributed by atoms with Crippen LogP contribution in [-0.2, 0) is 7.05 Å². The van der Waals surface area contributed by atoms with Crippen LogP contribution in [0, 0.1) is 6.92 Å². The second-order valence-electron chi connectivity index (χ2n) is 6.36. The van der Waals surface area contributed by atoms with E-state index in [1.165, 1.54) is 67.2 Å². The van der Waals surface area contributed by atoms with Gasteiger partial charge in [0.15, 0.2) is 0 Å². The molecular weight excluding hydrogens is 365 g/mol. The first-order chi connectivity index (χ1) is 10.1. The van der Waals surface area contributed by atoms with E-state index in [-0.39, 0.29) is 0 Å². The standard InChI is InChI=1S/C13H27.C4H6N3.Sn/c1-4-7-10-13(11-8-5-2)12-9-6-3;1-4-3-7(2)6-5-4;/h4-12H2,1-3H3;1-2H3;. The molecule has 1 aromatic rings. The second-order valence-corrected chi connectivity index (χ2v) is 11.5. The molecule has 0 aliphatic carbocycles. The van der Waals surface area contributed by atoms with Gasteiger partial charge in [-0.3, -0.25) is 0 Å². The van der Waals surface area contributed by atoms with E-state index in [1.54, 1.807) is 0 Å². The van der Waals surface area contributed by atoms with Gasteiger partial charge in [0.25, 0.3) is 0 Å². The molecule has 0 amide bonds. The van der Waals surface area contributed by atoms with E-state index in [1.807, 2.05) is 0 Å². The second kappa shape index (κ2) is 9.85. The van der Waals surface area contributed by atoms with Crippen molar-refractivity contribution in [3.8, 4) is 0 Å². The van der Waals surface area contributed by atoms with Gasteiger partial charge in [-0.25, -0.2) is 0 Å². The first-order valence-electron chi connectivity index (χ1n) is 8.73. The summed E-state index contributed by atoms with van der Waals surface area (Å²) < 4.78 is 4.22. The van der Waals surface area contributed by atoms with Crippen molar-refractivity contribution in [1.29, 1.82) is 0 Å². The van der Waals surface area contributed by atoms with Crippen LogP contribution in [0.15, 0.2) is 0 Å². The maximum absolute atomic E-state index is 4.30. The summed E-state index contributed by atoms with van der Waals surface area (Å²) in [6, 6.07) is 0. The van der Waals surface area contributed by atoms with Gasteiger partial charge in [0, 0.05) is 0 Å². The SMILES string of the molecule is CCCC[C](CCCC)(CCCC)[Sn][c]1c(C)nnn1C. The van der Waals surface area contributed by atoms with Crippen molar-refractivity contribution in [3.63, 3.8) is 0 Å². The van der Waals surface area contributed by atoms with Gasteiger partial charge in [0.1, 0.15) is 0 Å². The van der Waals surface area contributed by atoms with Gasteiger partial charge in [-0.15, -0.1) is 0 Å². The molecule has 1 rings (SSSR count). The van der Waals surface area contributed by atoms with E-state index in [4.69, 9.17) is 0 Å². The van der Waals surface area contributed by atoms with E-state index in [9.17, 15) is 0 Å². The minimum absolute atomic E-state index is 0.631. The average Bonchev–Trinajstić information content (AvgIpc) is 2.80. The topological polar surface area (TPSA) is 30.7 Å².